The molecule has 0 amide bonds. The van der Waals surface area contributed by atoms with Gasteiger partial charge >= 0.3 is 0 Å². The number of nitrogens with zero attached hydrogens (tertiary/aromatic N) is 1. The molecule has 1 saturated heterocycles. The first kappa shape index (κ1) is 13.8. The molecule has 18 heavy (non-hydrogen) atoms. The van der Waals surface area contributed by atoms with E-state index in [9.17, 15) is 5.11 Å². The molecule has 2 rings (SSSR count). The molecule has 3 nitrogen and oxygen atoms in total. The molecule has 0 spiro atoms. The van der Waals surface area contributed by atoms with Crippen molar-refractivity contribution in [3.05, 3.63) is 34.9 Å². The Morgan fingerprint density at radius 1 is 1.56 bits per heavy atom. The van der Waals surface area contributed by atoms with E-state index in [1.165, 1.54) is 0 Å². The molecule has 0 aromatic heterocycles. The molecule has 1 aliphatic rings. The quantitative estimate of drug-likeness (QED) is 0.891. The zero-order valence-corrected chi connectivity index (χ0v) is 11.4. The molecule has 1 aromatic carbocycles. The monoisotopic (exact) mass is 269 g/mol. The summed E-state index contributed by atoms with van der Waals surface area (Å²) in [4.78, 5) is 2.26. The Hall–Kier alpha value is -0.610. The van der Waals surface area contributed by atoms with Crippen molar-refractivity contribution in [1.82, 2.24) is 4.90 Å². The highest BCUT2D eigenvalue weighted by Crippen LogP contribution is 2.21. The van der Waals surface area contributed by atoms with Crippen molar-refractivity contribution in [3.8, 4) is 0 Å². The maximum atomic E-state index is 10.1. The van der Waals surface area contributed by atoms with Crippen LogP contribution in [0.4, 0.5) is 0 Å². The summed E-state index contributed by atoms with van der Waals surface area (Å²) in [5, 5.41) is 10.8. The minimum Gasteiger partial charge on any atom is -0.388 e. The molecule has 1 fully saturated rings. The predicted molar refractivity (Wildman–Crippen MR) is 72.9 cm³/mol. The molecule has 1 N–H and O–H groups in total. The van der Waals surface area contributed by atoms with Crippen LogP contribution >= 0.6 is 11.6 Å². The van der Waals surface area contributed by atoms with Gasteiger partial charge in [0.15, 0.2) is 0 Å². The smallest absolute Gasteiger partial charge is 0.0802 e. The Kier molecular flexibility index (Phi) is 5.01. The van der Waals surface area contributed by atoms with Crippen LogP contribution in [0.3, 0.4) is 0 Å². The van der Waals surface area contributed by atoms with Crippen molar-refractivity contribution >= 4 is 11.6 Å². The van der Waals surface area contributed by atoms with Gasteiger partial charge in [-0.15, -0.1) is 0 Å². The molecule has 2 unspecified atom stereocenters. The minimum absolute atomic E-state index is 0.450. The Bertz CT molecular complexity index is 380. The SMILES string of the molecule is CN(CCC(O)c1cccc(Cl)c1)C1CCOC1. The Labute approximate surface area is 113 Å². The molecule has 4 heteroatoms. The lowest BCUT2D eigenvalue weighted by atomic mass is 10.1. The van der Waals surface area contributed by atoms with E-state index in [-0.39, 0.29) is 0 Å². The second-order valence-electron chi connectivity index (χ2n) is 4.86. The van der Waals surface area contributed by atoms with Gasteiger partial charge in [-0.05, 0) is 37.6 Å². The van der Waals surface area contributed by atoms with E-state index in [4.69, 9.17) is 16.3 Å². The lowest BCUT2D eigenvalue weighted by molar-refractivity contribution is 0.124. The van der Waals surface area contributed by atoms with Gasteiger partial charge in [-0.2, -0.15) is 0 Å². The van der Waals surface area contributed by atoms with Gasteiger partial charge in [0.05, 0.1) is 12.7 Å². The molecule has 2 atom stereocenters. The van der Waals surface area contributed by atoms with Crippen LogP contribution in [0.1, 0.15) is 24.5 Å². The number of hydrogen-bond acceptors (Lipinski definition) is 3. The summed E-state index contributed by atoms with van der Waals surface area (Å²) in [5.74, 6) is 0. The lowest BCUT2D eigenvalue weighted by Crippen LogP contribution is -2.33. The van der Waals surface area contributed by atoms with E-state index < -0.39 is 6.10 Å². The van der Waals surface area contributed by atoms with Crippen molar-refractivity contribution in [2.45, 2.75) is 25.0 Å². The Balaban J connectivity index is 1.82. The lowest BCUT2D eigenvalue weighted by Gasteiger charge is -2.24. The van der Waals surface area contributed by atoms with E-state index in [1.54, 1.807) is 0 Å². The number of benzene rings is 1. The molecule has 100 valence electrons. The zero-order valence-electron chi connectivity index (χ0n) is 10.7. The summed E-state index contributed by atoms with van der Waals surface area (Å²) >= 11 is 5.92. The fraction of sp³-hybridized carbons (Fsp3) is 0.571. The highest BCUT2D eigenvalue weighted by Gasteiger charge is 2.20. The summed E-state index contributed by atoms with van der Waals surface area (Å²) in [6.07, 6.45) is 1.35. The molecule has 0 radical (unpaired) electrons. The molecule has 0 aliphatic carbocycles. The maximum Gasteiger partial charge on any atom is 0.0802 e. The minimum atomic E-state index is -0.450. The predicted octanol–water partition coefficient (Wildman–Crippen LogP) is 2.48. The third-order valence-corrected chi connectivity index (χ3v) is 3.75. The first-order valence-corrected chi connectivity index (χ1v) is 6.76. The third-order valence-electron chi connectivity index (χ3n) is 3.52. The number of rotatable bonds is 5. The zero-order chi connectivity index (χ0) is 13.0. The van der Waals surface area contributed by atoms with Crippen molar-refractivity contribution in [3.63, 3.8) is 0 Å². The maximum absolute atomic E-state index is 10.1. The largest absolute Gasteiger partial charge is 0.388 e. The summed E-state index contributed by atoms with van der Waals surface area (Å²) in [6.45, 7) is 2.53. The average Bonchev–Trinajstić information content (AvgIpc) is 2.89. The van der Waals surface area contributed by atoms with Crippen LogP contribution in [-0.4, -0.2) is 42.9 Å². The molecule has 1 heterocycles. The van der Waals surface area contributed by atoms with Gasteiger partial charge in [0.2, 0.25) is 0 Å². The van der Waals surface area contributed by atoms with Gasteiger partial charge in [-0.1, -0.05) is 23.7 Å². The molecular weight excluding hydrogens is 250 g/mol. The first-order valence-electron chi connectivity index (χ1n) is 6.38. The second kappa shape index (κ2) is 6.53. The number of hydrogen-bond donors (Lipinski definition) is 1. The van der Waals surface area contributed by atoms with E-state index >= 15 is 0 Å². The number of halogens is 1. The van der Waals surface area contributed by atoms with Crippen LogP contribution in [-0.2, 0) is 4.74 Å². The number of likely N-dealkylation sites (N-methyl/N-ethyl adjacent to an activating group) is 1. The van der Waals surface area contributed by atoms with E-state index in [2.05, 4.69) is 11.9 Å². The van der Waals surface area contributed by atoms with Crippen LogP contribution in [0.25, 0.3) is 0 Å². The van der Waals surface area contributed by atoms with Gasteiger partial charge < -0.3 is 14.7 Å². The molecule has 0 saturated carbocycles. The van der Waals surface area contributed by atoms with Gasteiger partial charge in [0, 0.05) is 24.2 Å². The number of ether oxygens (including phenoxy) is 1. The van der Waals surface area contributed by atoms with Crippen molar-refractivity contribution < 1.29 is 9.84 Å². The van der Waals surface area contributed by atoms with Crippen LogP contribution in [0.5, 0.6) is 0 Å². The van der Waals surface area contributed by atoms with E-state index in [0.29, 0.717) is 17.5 Å². The van der Waals surface area contributed by atoms with Crippen LogP contribution in [0, 0.1) is 0 Å². The summed E-state index contributed by atoms with van der Waals surface area (Å²) in [5.41, 5.74) is 0.888. The standard InChI is InChI=1S/C14H20ClNO2/c1-16(13-6-8-18-10-13)7-5-14(17)11-3-2-4-12(15)9-11/h2-4,9,13-14,17H,5-8,10H2,1H3. The van der Waals surface area contributed by atoms with E-state index in [0.717, 1.165) is 31.7 Å². The first-order chi connectivity index (χ1) is 8.66. The van der Waals surface area contributed by atoms with Crippen LogP contribution in [0.2, 0.25) is 5.02 Å². The molecule has 0 bridgehead atoms. The summed E-state index contributed by atoms with van der Waals surface area (Å²) in [7, 11) is 2.09. The van der Waals surface area contributed by atoms with Crippen molar-refractivity contribution in [2.75, 3.05) is 26.8 Å². The fourth-order valence-electron chi connectivity index (χ4n) is 2.26. The Morgan fingerprint density at radius 2 is 2.39 bits per heavy atom. The molecule has 1 aliphatic heterocycles. The number of aliphatic hydroxyl groups excluding tert-OH is 1. The van der Waals surface area contributed by atoms with Crippen LogP contribution < -0.4 is 0 Å². The Morgan fingerprint density at radius 3 is 3.06 bits per heavy atom. The second-order valence-corrected chi connectivity index (χ2v) is 5.29. The highest BCUT2D eigenvalue weighted by molar-refractivity contribution is 6.30. The third kappa shape index (κ3) is 3.69. The summed E-state index contributed by atoms with van der Waals surface area (Å²) < 4.78 is 5.36. The molecule has 1 aromatic rings. The van der Waals surface area contributed by atoms with E-state index in [1.807, 2.05) is 24.3 Å². The van der Waals surface area contributed by atoms with Gasteiger partial charge in [0.1, 0.15) is 0 Å². The van der Waals surface area contributed by atoms with Crippen molar-refractivity contribution in [1.29, 1.82) is 0 Å². The average molecular weight is 270 g/mol. The normalized spacial score (nSPS) is 21.4. The summed E-state index contributed by atoms with van der Waals surface area (Å²) in [6, 6.07) is 7.92. The van der Waals surface area contributed by atoms with Crippen molar-refractivity contribution in [2.24, 2.45) is 0 Å². The van der Waals surface area contributed by atoms with Gasteiger partial charge in [0.25, 0.3) is 0 Å². The van der Waals surface area contributed by atoms with Gasteiger partial charge in [-0.25, -0.2) is 0 Å². The van der Waals surface area contributed by atoms with Gasteiger partial charge in [-0.3, -0.25) is 0 Å². The molecular formula is C14H20ClNO2. The number of aliphatic hydroxyl groups is 1. The fourth-order valence-corrected chi connectivity index (χ4v) is 2.46. The highest BCUT2D eigenvalue weighted by atomic mass is 35.5. The van der Waals surface area contributed by atoms with Crippen LogP contribution in [0.15, 0.2) is 24.3 Å². The topological polar surface area (TPSA) is 32.7 Å².